The van der Waals surface area contributed by atoms with Crippen molar-refractivity contribution in [3.05, 3.63) is 52.9 Å². The maximum Gasteiger partial charge on any atom is 0.348 e. The van der Waals surface area contributed by atoms with Crippen LogP contribution in [0.15, 0.2) is 51.1 Å². The zero-order valence-electron chi connectivity index (χ0n) is 10.5. The number of nitrogens with zero attached hydrogens (tertiary/aromatic N) is 1. The van der Waals surface area contributed by atoms with Crippen molar-refractivity contribution in [2.75, 3.05) is 6.54 Å². The first-order valence-corrected chi connectivity index (χ1v) is 6.22. The van der Waals surface area contributed by atoms with Gasteiger partial charge in [-0.15, -0.1) is 6.58 Å². The monoisotopic (exact) mass is 288 g/mol. The highest BCUT2D eigenvalue weighted by atomic mass is 32.1. The molecule has 0 aliphatic carbocycles. The van der Waals surface area contributed by atoms with E-state index in [2.05, 4.69) is 16.9 Å². The van der Waals surface area contributed by atoms with Crippen molar-refractivity contribution in [1.29, 1.82) is 0 Å². The third-order valence-electron chi connectivity index (χ3n) is 2.53. The van der Waals surface area contributed by atoms with Gasteiger partial charge in [-0.05, 0) is 24.4 Å². The van der Waals surface area contributed by atoms with Crippen LogP contribution in [0.1, 0.15) is 5.56 Å². The van der Waals surface area contributed by atoms with Gasteiger partial charge < -0.3 is 14.8 Å². The lowest BCUT2D eigenvalue weighted by Gasteiger charge is -2.02. The fraction of sp³-hybridized carbons (Fsp3) is 0.0714. The molecule has 102 valence electrons. The number of fused-ring (bicyclic) bond motifs is 1. The number of nitrogens with one attached hydrogen (secondary N) is 1. The Bertz CT molecular complexity index is 750. The standard InChI is InChI=1S/C14H12N2O3S/c1-2-7-15-14(20)16-8-10-12(17)9-5-3-4-6-11(9)19-13(10)18/h2-6,8,17H,1,7H2,(H,15,20)/b16-8+. The molecular weight excluding hydrogens is 276 g/mol. The number of aliphatic imine (C=N–C) groups is 1. The normalized spacial score (nSPS) is 10.8. The molecule has 2 rings (SSSR count). The van der Waals surface area contributed by atoms with Gasteiger partial charge in [0.1, 0.15) is 16.9 Å². The number of benzene rings is 1. The van der Waals surface area contributed by atoms with Crippen LogP contribution in [0.4, 0.5) is 0 Å². The fourth-order valence-corrected chi connectivity index (χ4v) is 1.73. The molecule has 0 unspecified atom stereocenters. The van der Waals surface area contributed by atoms with Gasteiger partial charge in [-0.1, -0.05) is 18.2 Å². The maximum atomic E-state index is 11.8. The zero-order valence-corrected chi connectivity index (χ0v) is 11.3. The zero-order chi connectivity index (χ0) is 14.5. The minimum absolute atomic E-state index is 0.0357. The summed E-state index contributed by atoms with van der Waals surface area (Å²) < 4.78 is 5.10. The van der Waals surface area contributed by atoms with E-state index < -0.39 is 5.63 Å². The van der Waals surface area contributed by atoms with Gasteiger partial charge in [-0.3, -0.25) is 0 Å². The molecule has 0 fully saturated rings. The Kier molecular flexibility index (Phi) is 4.27. The van der Waals surface area contributed by atoms with Crippen LogP contribution in [0.5, 0.6) is 5.75 Å². The molecule has 0 atom stereocenters. The Balaban J connectivity index is 2.40. The second-order valence-corrected chi connectivity index (χ2v) is 4.27. The minimum atomic E-state index is -0.670. The second kappa shape index (κ2) is 6.12. The lowest BCUT2D eigenvalue weighted by atomic mass is 10.1. The SMILES string of the molecule is C=CCNC(=S)/N=C/c1c(O)c2ccccc2oc1=O. The van der Waals surface area contributed by atoms with E-state index in [4.69, 9.17) is 16.6 Å². The van der Waals surface area contributed by atoms with Crippen molar-refractivity contribution in [2.24, 2.45) is 4.99 Å². The third-order valence-corrected chi connectivity index (χ3v) is 2.78. The molecule has 0 spiro atoms. The number of rotatable bonds is 3. The van der Waals surface area contributed by atoms with Crippen LogP contribution in [-0.4, -0.2) is 23.0 Å². The Morgan fingerprint density at radius 2 is 2.25 bits per heavy atom. The van der Waals surface area contributed by atoms with Crippen molar-refractivity contribution in [2.45, 2.75) is 0 Å². The summed E-state index contributed by atoms with van der Waals surface area (Å²) in [7, 11) is 0. The van der Waals surface area contributed by atoms with E-state index in [-0.39, 0.29) is 16.4 Å². The predicted octanol–water partition coefficient (Wildman–Crippen LogP) is 1.98. The van der Waals surface area contributed by atoms with E-state index in [1.165, 1.54) is 6.21 Å². The highest BCUT2D eigenvalue weighted by Crippen LogP contribution is 2.24. The number of hydrogen-bond donors (Lipinski definition) is 2. The summed E-state index contributed by atoms with van der Waals surface area (Å²) in [6, 6.07) is 6.71. The number of aromatic hydroxyl groups is 1. The molecule has 0 saturated heterocycles. The van der Waals surface area contributed by atoms with Crippen molar-refractivity contribution in [3.63, 3.8) is 0 Å². The number of para-hydroxylation sites is 1. The lowest BCUT2D eigenvalue weighted by Crippen LogP contribution is -2.19. The van der Waals surface area contributed by atoms with Gasteiger partial charge in [-0.25, -0.2) is 9.79 Å². The summed E-state index contributed by atoms with van der Waals surface area (Å²) >= 11 is 4.93. The summed E-state index contributed by atoms with van der Waals surface area (Å²) in [5.74, 6) is -0.174. The van der Waals surface area contributed by atoms with E-state index in [9.17, 15) is 9.90 Å². The first-order chi connectivity index (χ1) is 9.63. The largest absolute Gasteiger partial charge is 0.506 e. The predicted molar refractivity (Wildman–Crippen MR) is 82.5 cm³/mol. The van der Waals surface area contributed by atoms with Crippen LogP contribution in [0, 0.1) is 0 Å². The number of thiocarbonyl (C=S) groups is 1. The van der Waals surface area contributed by atoms with Crippen molar-refractivity contribution < 1.29 is 9.52 Å². The molecule has 0 aliphatic rings. The van der Waals surface area contributed by atoms with Gasteiger partial charge in [-0.2, -0.15) is 0 Å². The fourth-order valence-electron chi connectivity index (χ4n) is 1.59. The Morgan fingerprint density at radius 1 is 1.50 bits per heavy atom. The minimum Gasteiger partial charge on any atom is -0.506 e. The molecule has 1 aromatic heterocycles. The molecule has 1 aromatic carbocycles. The summed E-state index contributed by atoms with van der Waals surface area (Å²) in [5, 5.41) is 13.5. The van der Waals surface area contributed by atoms with Crippen LogP contribution in [0.2, 0.25) is 0 Å². The van der Waals surface area contributed by atoms with Crippen LogP contribution in [-0.2, 0) is 0 Å². The summed E-state index contributed by atoms with van der Waals surface area (Å²) in [5.41, 5.74) is -0.387. The van der Waals surface area contributed by atoms with Crippen LogP contribution >= 0.6 is 12.2 Å². The number of hydrogen-bond acceptors (Lipinski definition) is 4. The summed E-state index contributed by atoms with van der Waals surface area (Å²) in [6.07, 6.45) is 2.82. The van der Waals surface area contributed by atoms with Crippen molar-refractivity contribution >= 4 is 34.5 Å². The highest BCUT2D eigenvalue weighted by molar-refractivity contribution is 7.80. The molecule has 0 saturated carbocycles. The molecule has 0 radical (unpaired) electrons. The second-order valence-electron chi connectivity index (χ2n) is 3.88. The average Bonchev–Trinajstić information content (AvgIpc) is 2.45. The molecule has 6 heteroatoms. The lowest BCUT2D eigenvalue weighted by molar-refractivity contribution is 0.466. The molecule has 0 aliphatic heterocycles. The van der Waals surface area contributed by atoms with E-state index >= 15 is 0 Å². The van der Waals surface area contributed by atoms with Crippen LogP contribution in [0.25, 0.3) is 11.0 Å². The molecular formula is C14H12N2O3S. The quantitative estimate of drug-likeness (QED) is 0.391. The molecule has 5 nitrogen and oxygen atoms in total. The van der Waals surface area contributed by atoms with Crippen molar-refractivity contribution in [1.82, 2.24) is 5.32 Å². The summed E-state index contributed by atoms with van der Waals surface area (Å²) in [4.78, 5) is 15.7. The molecule has 2 N–H and O–H groups in total. The van der Waals surface area contributed by atoms with E-state index in [1.54, 1.807) is 30.3 Å². The maximum absolute atomic E-state index is 11.8. The van der Waals surface area contributed by atoms with Crippen LogP contribution in [0.3, 0.4) is 0 Å². The summed E-state index contributed by atoms with van der Waals surface area (Å²) in [6.45, 7) is 4.00. The highest BCUT2D eigenvalue weighted by Gasteiger charge is 2.11. The molecule has 1 heterocycles. The molecule has 0 amide bonds. The van der Waals surface area contributed by atoms with Gasteiger partial charge in [0.2, 0.25) is 0 Å². The molecule has 20 heavy (non-hydrogen) atoms. The van der Waals surface area contributed by atoms with Gasteiger partial charge in [0.25, 0.3) is 0 Å². The van der Waals surface area contributed by atoms with Gasteiger partial charge >= 0.3 is 5.63 Å². The molecule has 2 aromatic rings. The first-order valence-electron chi connectivity index (χ1n) is 5.81. The topological polar surface area (TPSA) is 74.8 Å². The van der Waals surface area contributed by atoms with E-state index in [0.29, 0.717) is 17.5 Å². The van der Waals surface area contributed by atoms with E-state index in [1.807, 2.05) is 0 Å². The third kappa shape index (κ3) is 2.92. The van der Waals surface area contributed by atoms with E-state index in [0.717, 1.165) is 0 Å². The van der Waals surface area contributed by atoms with Crippen molar-refractivity contribution in [3.8, 4) is 5.75 Å². The smallest absolute Gasteiger partial charge is 0.348 e. The van der Waals surface area contributed by atoms with Gasteiger partial charge in [0.15, 0.2) is 5.11 Å². The Hall–Kier alpha value is -2.47. The molecule has 0 bridgehead atoms. The average molecular weight is 288 g/mol. The Labute approximate surface area is 120 Å². The first kappa shape index (κ1) is 14.0. The van der Waals surface area contributed by atoms with Gasteiger partial charge in [0.05, 0.1) is 5.39 Å². The van der Waals surface area contributed by atoms with Gasteiger partial charge in [0, 0.05) is 12.8 Å². The Morgan fingerprint density at radius 3 is 3.00 bits per heavy atom. The van der Waals surface area contributed by atoms with Crippen LogP contribution < -0.4 is 10.9 Å².